The Balaban J connectivity index is 0.000000791. The van der Waals surface area contributed by atoms with E-state index in [9.17, 15) is 0 Å². The predicted octanol–water partition coefficient (Wildman–Crippen LogP) is 2.23. The van der Waals surface area contributed by atoms with Gasteiger partial charge in [0, 0.05) is 14.2 Å². The maximum Gasteiger partial charge on any atom is 0.190 e. The lowest BCUT2D eigenvalue weighted by molar-refractivity contribution is 0.399. The van der Waals surface area contributed by atoms with Gasteiger partial charge in [-0.3, -0.25) is 0 Å². The SMILES string of the molecule is CO.CO[Si](C)(C)Cc1ccccc1. The summed E-state index contributed by atoms with van der Waals surface area (Å²) in [4.78, 5) is 0. The second kappa shape index (κ2) is 6.76. The third kappa shape index (κ3) is 5.17. The molecule has 0 aliphatic heterocycles. The highest BCUT2D eigenvalue weighted by atomic mass is 28.4. The third-order valence-electron chi connectivity index (χ3n) is 2.03. The Hall–Kier alpha value is -0.643. The molecular formula is C11H20O2Si. The maximum atomic E-state index is 7.00. The molecule has 3 heteroatoms. The molecule has 0 unspecified atom stereocenters. The summed E-state index contributed by atoms with van der Waals surface area (Å²) in [6, 6.07) is 11.6. The molecule has 0 aliphatic carbocycles. The minimum atomic E-state index is -1.42. The Morgan fingerprint density at radius 2 is 1.64 bits per heavy atom. The molecule has 0 heterocycles. The second-order valence-corrected chi connectivity index (χ2v) is 7.91. The van der Waals surface area contributed by atoms with E-state index < -0.39 is 8.32 Å². The zero-order valence-corrected chi connectivity index (χ0v) is 10.4. The normalized spacial score (nSPS) is 10.4. The third-order valence-corrected chi connectivity index (χ3v) is 4.39. The zero-order chi connectivity index (χ0) is 11.0. The molecule has 0 saturated heterocycles. The Morgan fingerprint density at radius 1 is 1.14 bits per heavy atom. The van der Waals surface area contributed by atoms with Crippen molar-refractivity contribution in [3.63, 3.8) is 0 Å². The van der Waals surface area contributed by atoms with Crippen molar-refractivity contribution < 1.29 is 9.53 Å². The molecule has 1 N–H and O–H groups in total. The first-order valence-corrected chi connectivity index (χ1v) is 7.79. The van der Waals surface area contributed by atoms with Gasteiger partial charge in [0.2, 0.25) is 0 Å². The quantitative estimate of drug-likeness (QED) is 0.779. The van der Waals surface area contributed by atoms with Crippen LogP contribution in [-0.2, 0) is 10.5 Å². The van der Waals surface area contributed by atoms with Gasteiger partial charge >= 0.3 is 0 Å². The van der Waals surface area contributed by atoms with Crippen molar-refractivity contribution in [2.75, 3.05) is 14.2 Å². The van der Waals surface area contributed by atoms with Crippen LogP contribution < -0.4 is 0 Å². The van der Waals surface area contributed by atoms with Crippen LogP contribution in [0.25, 0.3) is 0 Å². The van der Waals surface area contributed by atoms with E-state index in [0.717, 1.165) is 13.2 Å². The van der Waals surface area contributed by atoms with Crippen molar-refractivity contribution >= 4 is 8.32 Å². The van der Waals surface area contributed by atoms with Gasteiger partial charge in [-0.2, -0.15) is 0 Å². The highest BCUT2D eigenvalue weighted by molar-refractivity contribution is 6.70. The van der Waals surface area contributed by atoms with Crippen molar-refractivity contribution in [2.24, 2.45) is 0 Å². The molecule has 0 amide bonds. The fraction of sp³-hybridized carbons (Fsp3) is 0.455. The van der Waals surface area contributed by atoms with Crippen LogP contribution in [0, 0.1) is 0 Å². The summed E-state index contributed by atoms with van der Waals surface area (Å²) in [6.45, 7) is 4.47. The summed E-state index contributed by atoms with van der Waals surface area (Å²) in [5, 5.41) is 7.00. The summed E-state index contributed by atoms with van der Waals surface area (Å²) in [5.41, 5.74) is 1.39. The van der Waals surface area contributed by atoms with Crippen LogP contribution in [0.5, 0.6) is 0 Å². The molecule has 14 heavy (non-hydrogen) atoms. The van der Waals surface area contributed by atoms with Crippen LogP contribution in [0.3, 0.4) is 0 Å². The van der Waals surface area contributed by atoms with Crippen molar-refractivity contribution in [3.8, 4) is 0 Å². The van der Waals surface area contributed by atoms with Gasteiger partial charge in [-0.25, -0.2) is 0 Å². The maximum absolute atomic E-state index is 7.00. The van der Waals surface area contributed by atoms with E-state index in [1.165, 1.54) is 5.56 Å². The Kier molecular flexibility index (Phi) is 6.45. The largest absolute Gasteiger partial charge is 0.420 e. The van der Waals surface area contributed by atoms with Crippen LogP contribution in [0.2, 0.25) is 13.1 Å². The molecule has 1 rings (SSSR count). The topological polar surface area (TPSA) is 29.5 Å². The van der Waals surface area contributed by atoms with Gasteiger partial charge in [-0.05, 0) is 24.7 Å². The zero-order valence-electron chi connectivity index (χ0n) is 9.45. The summed E-state index contributed by atoms with van der Waals surface area (Å²) in [5.74, 6) is 0. The minimum Gasteiger partial charge on any atom is -0.420 e. The first kappa shape index (κ1) is 13.4. The summed E-state index contributed by atoms with van der Waals surface area (Å²) in [6.07, 6.45) is 0. The van der Waals surface area contributed by atoms with Crippen molar-refractivity contribution in [3.05, 3.63) is 35.9 Å². The van der Waals surface area contributed by atoms with Gasteiger partial charge in [-0.1, -0.05) is 30.3 Å². The number of aliphatic hydroxyl groups excluding tert-OH is 1. The Morgan fingerprint density at radius 3 is 2.07 bits per heavy atom. The molecule has 0 radical (unpaired) electrons. The Bertz CT molecular complexity index is 234. The summed E-state index contributed by atoms with van der Waals surface area (Å²) in [7, 11) is 1.40. The van der Waals surface area contributed by atoms with Gasteiger partial charge in [-0.15, -0.1) is 0 Å². The minimum absolute atomic E-state index is 1.00. The highest BCUT2D eigenvalue weighted by Crippen LogP contribution is 2.11. The standard InChI is InChI=1S/C10H16OSi.CH4O/c1-11-12(2,3)9-10-7-5-4-6-8-10;1-2/h4-8H,9H2,1-3H3;2H,1H3. The van der Waals surface area contributed by atoms with Crippen LogP contribution in [0.15, 0.2) is 30.3 Å². The molecule has 0 spiro atoms. The molecular weight excluding hydrogens is 192 g/mol. The van der Waals surface area contributed by atoms with E-state index in [1.807, 2.05) is 13.2 Å². The lowest BCUT2D eigenvalue weighted by atomic mass is 10.2. The van der Waals surface area contributed by atoms with Crippen LogP contribution in [0.4, 0.5) is 0 Å². The Labute approximate surface area is 87.7 Å². The van der Waals surface area contributed by atoms with Gasteiger partial charge in [0.1, 0.15) is 0 Å². The fourth-order valence-electron chi connectivity index (χ4n) is 1.16. The van der Waals surface area contributed by atoms with E-state index in [4.69, 9.17) is 9.53 Å². The lowest BCUT2D eigenvalue weighted by Gasteiger charge is -2.19. The fourth-order valence-corrected chi connectivity index (χ4v) is 2.52. The van der Waals surface area contributed by atoms with E-state index in [1.54, 1.807) is 0 Å². The summed E-state index contributed by atoms with van der Waals surface area (Å²) >= 11 is 0. The molecule has 0 aromatic heterocycles. The van der Waals surface area contributed by atoms with Crippen molar-refractivity contribution in [1.29, 1.82) is 0 Å². The van der Waals surface area contributed by atoms with Crippen LogP contribution in [0.1, 0.15) is 5.56 Å². The lowest BCUT2D eigenvalue weighted by Crippen LogP contribution is -2.32. The van der Waals surface area contributed by atoms with Crippen LogP contribution in [-0.4, -0.2) is 27.6 Å². The number of rotatable bonds is 3. The monoisotopic (exact) mass is 212 g/mol. The number of aliphatic hydroxyl groups is 1. The molecule has 80 valence electrons. The molecule has 0 bridgehead atoms. The molecule has 0 aliphatic rings. The molecule has 1 aromatic rings. The van der Waals surface area contributed by atoms with Gasteiger partial charge < -0.3 is 9.53 Å². The number of hydrogen-bond donors (Lipinski definition) is 1. The molecule has 1 aromatic carbocycles. The van der Waals surface area contributed by atoms with Crippen LogP contribution >= 0.6 is 0 Å². The van der Waals surface area contributed by atoms with Gasteiger partial charge in [0.15, 0.2) is 8.32 Å². The second-order valence-electron chi connectivity index (χ2n) is 3.63. The highest BCUT2D eigenvalue weighted by Gasteiger charge is 2.20. The number of benzene rings is 1. The predicted molar refractivity (Wildman–Crippen MR) is 62.8 cm³/mol. The van der Waals surface area contributed by atoms with Gasteiger partial charge in [0.05, 0.1) is 0 Å². The van der Waals surface area contributed by atoms with E-state index in [-0.39, 0.29) is 0 Å². The average Bonchev–Trinajstić information content (AvgIpc) is 2.22. The number of hydrogen-bond acceptors (Lipinski definition) is 2. The molecule has 2 nitrogen and oxygen atoms in total. The first-order chi connectivity index (χ1) is 6.64. The summed E-state index contributed by atoms with van der Waals surface area (Å²) < 4.78 is 5.48. The van der Waals surface area contributed by atoms with E-state index in [2.05, 4.69) is 37.4 Å². The van der Waals surface area contributed by atoms with Gasteiger partial charge in [0.25, 0.3) is 0 Å². The van der Waals surface area contributed by atoms with E-state index in [0.29, 0.717) is 0 Å². The van der Waals surface area contributed by atoms with E-state index >= 15 is 0 Å². The first-order valence-electron chi connectivity index (χ1n) is 4.68. The smallest absolute Gasteiger partial charge is 0.190 e. The van der Waals surface area contributed by atoms with Crippen molar-refractivity contribution in [1.82, 2.24) is 0 Å². The average molecular weight is 212 g/mol. The molecule has 0 fully saturated rings. The van der Waals surface area contributed by atoms with Crippen molar-refractivity contribution in [2.45, 2.75) is 19.1 Å². The molecule has 0 saturated carbocycles. The molecule has 0 atom stereocenters.